The summed E-state index contributed by atoms with van der Waals surface area (Å²) >= 11 is 6.18. The summed E-state index contributed by atoms with van der Waals surface area (Å²) in [5.74, 6) is 0.0209. The lowest BCUT2D eigenvalue weighted by atomic mass is 10.1. The van der Waals surface area contributed by atoms with Gasteiger partial charge in [0, 0.05) is 30.2 Å². The Morgan fingerprint density at radius 2 is 2.33 bits per heavy atom. The van der Waals surface area contributed by atoms with E-state index in [-0.39, 0.29) is 5.84 Å². The summed E-state index contributed by atoms with van der Waals surface area (Å²) in [6.07, 6.45) is 0.788. The van der Waals surface area contributed by atoms with E-state index in [1.807, 2.05) is 13.0 Å². The summed E-state index contributed by atoms with van der Waals surface area (Å²) in [4.78, 5) is 2.18. The van der Waals surface area contributed by atoms with Crippen LogP contribution in [-0.4, -0.2) is 34.5 Å². The number of hydrogen-bond donors (Lipinski definition) is 3. The van der Waals surface area contributed by atoms with Crippen molar-refractivity contribution in [1.29, 1.82) is 5.41 Å². The Balaban J connectivity index is 2.09. The van der Waals surface area contributed by atoms with Crippen LogP contribution >= 0.6 is 11.6 Å². The molecule has 1 aromatic carbocycles. The number of β-amino-alcohol motifs (C(OH)–C–C–N with tert-alkyl or cyclic N) is 1. The number of nitrogens with one attached hydrogen (secondary N) is 1. The molecule has 5 heteroatoms. The maximum atomic E-state index is 9.91. The first-order valence-electron chi connectivity index (χ1n) is 5.95. The highest BCUT2D eigenvalue weighted by Gasteiger charge is 2.31. The Morgan fingerprint density at radius 3 is 2.83 bits per heavy atom. The van der Waals surface area contributed by atoms with Gasteiger partial charge >= 0.3 is 0 Å². The molecular formula is C13H18ClN3O. The van der Waals surface area contributed by atoms with Gasteiger partial charge in [-0.05, 0) is 25.0 Å². The monoisotopic (exact) mass is 267 g/mol. The average Bonchev–Trinajstić information content (AvgIpc) is 2.61. The molecule has 1 atom stereocenters. The number of nitrogens with two attached hydrogens (primary N) is 1. The van der Waals surface area contributed by atoms with Crippen molar-refractivity contribution in [3.05, 3.63) is 34.3 Å². The van der Waals surface area contributed by atoms with E-state index in [1.165, 1.54) is 0 Å². The Morgan fingerprint density at radius 1 is 1.61 bits per heavy atom. The molecule has 1 heterocycles. The number of halogens is 1. The largest absolute Gasteiger partial charge is 0.389 e. The predicted octanol–water partition coefficient (Wildman–Crippen LogP) is 1.58. The molecule has 0 bridgehead atoms. The highest BCUT2D eigenvalue weighted by Crippen LogP contribution is 2.25. The molecule has 0 saturated carbocycles. The highest BCUT2D eigenvalue weighted by atomic mass is 35.5. The molecule has 1 aromatic rings. The number of rotatable bonds is 3. The topological polar surface area (TPSA) is 73.3 Å². The van der Waals surface area contributed by atoms with Crippen molar-refractivity contribution in [2.24, 2.45) is 5.73 Å². The van der Waals surface area contributed by atoms with Gasteiger partial charge in [0.1, 0.15) is 5.84 Å². The van der Waals surface area contributed by atoms with E-state index in [0.717, 1.165) is 18.5 Å². The fourth-order valence-corrected chi connectivity index (χ4v) is 2.50. The fraction of sp³-hybridized carbons (Fsp3) is 0.462. The zero-order chi connectivity index (χ0) is 13.3. The summed E-state index contributed by atoms with van der Waals surface area (Å²) in [6.45, 7) is 4.11. The van der Waals surface area contributed by atoms with Gasteiger partial charge in [0.2, 0.25) is 0 Å². The van der Waals surface area contributed by atoms with Crippen LogP contribution in [0.1, 0.15) is 24.5 Å². The molecule has 98 valence electrons. The normalized spacial score (nSPS) is 24.4. The van der Waals surface area contributed by atoms with Gasteiger partial charge in [-0.25, -0.2) is 0 Å². The highest BCUT2D eigenvalue weighted by molar-refractivity contribution is 6.31. The van der Waals surface area contributed by atoms with Crippen LogP contribution in [0.25, 0.3) is 0 Å². The quantitative estimate of drug-likeness (QED) is 0.575. The molecule has 4 N–H and O–H groups in total. The second kappa shape index (κ2) is 4.88. The van der Waals surface area contributed by atoms with Crippen molar-refractivity contribution in [3.63, 3.8) is 0 Å². The molecule has 1 aliphatic rings. The van der Waals surface area contributed by atoms with Crippen LogP contribution in [0, 0.1) is 5.41 Å². The van der Waals surface area contributed by atoms with Gasteiger partial charge in [-0.3, -0.25) is 10.3 Å². The first-order chi connectivity index (χ1) is 8.37. The predicted molar refractivity (Wildman–Crippen MR) is 73.0 cm³/mol. The molecule has 18 heavy (non-hydrogen) atoms. The third-order valence-electron chi connectivity index (χ3n) is 3.29. The zero-order valence-electron chi connectivity index (χ0n) is 10.4. The van der Waals surface area contributed by atoms with Crippen LogP contribution < -0.4 is 5.73 Å². The average molecular weight is 268 g/mol. The van der Waals surface area contributed by atoms with Gasteiger partial charge in [0.15, 0.2) is 0 Å². The van der Waals surface area contributed by atoms with E-state index >= 15 is 0 Å². The van der Waals surface area contributed by atoms with Crippen LogP contribution in [0.2, 0.25) is 5.02 Å². The van der Waals surface area contributed by atoms with Crippen LogP contribution in [0.5, 0.6) is 0 Å². The molecule has 0 aliphatic carbocycles. The van der Waals surface area contributed by atoms with E-state index in [1.54, 1.807) is 12.1 Å². The smallest absolute Gasteiger partial charge is 0.122 e. The number of aliphatic hydroxyl groups is 1. The Labute approximate surface area is 112 Å². The summed E-state index contributed by atoms with van der Waals surface area (Å²) in [6, 6.07) is 5.41. The van der Waals surface area contributed by atoms with Crippen molar-refractivity contribution in [2.45, 2.75) is 25.5 Å². The van der Waals surface area contributed by atoms with Crippen molar-refractivity contribution in [2.75, 3.05) is 13.1 Å². The first-order valence-corrected chi connectivity index (χ1v) is 6.33. The number of amidine groups is 1. The summed E-state index contributed by atoms with van der Waals surface area (Å²) in [7, 11) is 0. The van der Waals surface area contributed by atoms with Gasteiger partial charge < -0.3 is 10.8 Å². The van der Waals surface area contributed by atoms with Crippen molar-refractivity contribution < 1.29 is 5.11 Å². The van der Waals surface area contributed by atoms with Crippen molar-refractivity contribution in [3.8, 4) is 0 Å². The molecule has 0 radical (unpaired) electrons. The third-order valence-corrected chi connectivity index (χ3v) is 3.64. The maximum Gasteiger partial charge on any atom is 0.122 e. The van der Waals surface area contributed by atoms with Gasteiger partial charge in [-0.15, -0.1) is 0 Å². The summed E-state index contributed by atoms with van der Waals surface area (Å²) in [5, 5.41) is 17.9. The number of nitrogens with zero attached hydrogens (tertiary/aromatic N) is 1. The number of nitrogen functional groups attached to an aromatic ring is 1. The molecule has 2 rings (SSSR count). The minimum atomic E-state index is -0.591. The molecule has 1 aliphatic heterocycles. The molecule has 1 unspecified atom stereocenters. The lowest BCUT2D eigenvalue weighted by Gasteiger charge is -2.19. The Kier molecular flexibility index (Phi) is 3.61. The van der Waals surface area contributed by atoms with E-state index in [4.69, 9.17) is 22.7 Å². The molecular weight excluding hydrogens is 250 g/mol. The zero-order valence-corrected chi connectivity index (χ0v) is 11.2. The minimum Gasteiger partial charge on any atom is -0.389 e. The van der Waals surface area contributed by atoms with Crippen LogP contribution in [-0.2, 0) is 6.54 Å². The van der Waals surface area contributed by atoms with Crippen LogP contribution in [0.3, 0.4) is 0 Å². The fourth-order valence-electron chi connectivity index (χ4n) is 2.26. The van der Waals surface area contributed by atoms with Crippen LogP contribution in [0.15, 0.2) is 18.2 Å². The summed E-state index contributed by atoms with van der Waals surface area (Å²) in [5.41, 5.74) is 6.46. The second-order valence-corrected chi connectivity index (χ2v) is 5.58. The third kappa shape index (κ3) is 3.02. The maximum absolute atomic E-state index is 9.91. The Hall–Kier alpha value is -1.10. The molecule has 0 spiro atoms. The molecule has 0 aromatic heterocycles. The lowest BCUT2D eigenvalue weighted by molar-refractivity contribution is 0.0679. The number of hydrogen-bond acceptors (Lipinski definition) is 3. The number of benzene rings is 1. The molecule has 4 nitrogen and oxygen atoms in total. The lowest BCUT2D eigenvalue weighted by Crippen LogP contribution is -2.29. The van der Waals surface area contributed by atoms with Crippen molar-refractivity contribution >= 4 is 17.4 Å². The molecule has 0 amide bonds. The molecule has 1 saturated heterocycles. The van der Waals surface area contributed by atoms with Gasteiger partial charge in [-0.2, -0.15) is 0 Å². The number of likely N-dealkylation sites (tertiary alicyclic amines) is 1. The van der Waals surface area contributed by atoms with Gasteiger partial charge in [0.05, 0.1) is 5.60 Å². The second-order valence-electron chi connectivity index (χ2n) is 5.18. The minimum absolute atomic E-state index is 0.0209. The van der Waals surface area contributed by atoms with Gasteiger partial charge in [-0.1, -0.05) is 23.7 Å². The van der Waals surface area contributed by atoms with E-state index in [9.17, 15) is 5.11 Å². The van der Waals surface area contributed by atoms with E-state index in [2.05, 4.69) is 4.90 Å². The first kappa shape index (κ1) is 13.3. The van der Waals surface area contributed by atoms with Gasteiger partial charge in [0.25, 0.3) is 0 Å². The summed E-state index contributed by atoms with van der Waals surface area (Å²) < 4.78 is 0. The SMILES string of the molecule is CC1(O)CCN(Cc2ccc(C(=N)N)cc2Cl)C1. The van der Waals surface area contributed by atoms with E-state index < -0.39 is 5.60 Å². The Bertz CT molecular complexity index is 473. The van der Waals surface area contributed by atoms with Crippen LogP contribution in [0.4, 0.5) is 0 Å². The standard InChI is InChI=1S/C13H18ClN3O/c1-13(18)4-5-17(8-13)7-10-3-2-9(12(15)16)6-11(10)14/h2-3,6,18H,4-5,7-8H2,1H3,(H3,15,16). The molecule has 1 fully saturated rings. The van der Waals surface area contributed by atoms with E-state index in [0.29, 0.717) is 23.7 Å². The van der Waals surface area contributed by atoms with Crippen molar-refractivity contribution in [1.82, 2.24) is 4.90 Å².